The number of aliphatic hydroxyl groups excluding tert-OH is 1. The van der Waals surface area contributed by atoms with E-state index in [-0.39, 0.29) is 18.2 Å². The highest BCUT2D eigenvalue weighted by atomic mass is 16.5. The van der Waals surface area contributed by atoms with E-state index in [4.69, 9.17) is 38.5 Å². The molecule has 0 aliphatic carbocycles. The number of amidine groups is 1. The normalized spacial score (nSPS) is 9.36. The van der Waals surface area contributed by atoms with Crippen LogP contribution in [0.4, 0.5) is 0 Å². The number of nitrogens with zero attached hydrogens (tertiary/aromatic N) is 1. The molecule has 168 valence electrons. The Morgan fingerprint density at radius 1 is 0.964 bits per heavy atom. The lowest BCUT2D eigenvalue weighted by Crippen LogP contribution is -2.16. The molecule has 0 saturated carbocycles. The molecule has 0 rings (SSSR count). The van der Waals surface area contributed by atoms with Crippen LogP contribution < -0.4 is 22.5 Å². The molecule has 0 aliphatic rings. The minimum Gasteiger partial charge on any atom is -0.484 e. The number of hydrogen-bond acceptors (Lipinski definition) is 10. The number of rotatable bonds is 10. The second-order valence-electron chi connectivity index (χ2n) is 5.15. The van der Waals surface area contributed by atoms with Gasteiger partial charge in [0.1, 0.15) is 0 Å². The highest BCUT2D eigenvalue weighted by Crippen LogP contribution is 1.87. The Balaban J connectivity index is -0.000000159. The molecule has 11 nitrogen and oxygen atoms in total. The van der Waals surface area contributed by atoms with Gasteiger partial charge in [0.2, 0.25) is 0 Å². The van der Waals surface area contributed by atoms with Crippen LogP contribution in [-0.4, -0.2) is 83.0 Å². The lowest BCUT2D eigenvalue weighted by atomic mass is 10.3. The van der Waals surface area contributed by atoms with Crippen molar-refractivity contribution in [3.8, 4) is 0 Å². The molecule has 11 heteroatoms. The molecule has 0 spiro atoms. The maximum Gasteiger partial charge on any atom is 0.189 e. The van der Waals surface area contributed by atoms with Crippen LogP contribution in [-0.2, 0) is 9.47 Å². The summed E-state index contributed by atoms with van der Waals surface area (Å²) < 4.78 is 8.97. The van der Waals surface area contributed by atoms with Crippen molar-refractivity contribution in [2.24, 2.45) is 22.2 Å². The second kappa shape index (κ2) is 29.7. The molecule has 0 bridgehead atoms. The Kier molecular flexibility index (Phi) is 35.5. The summed E-state index contributed by atoms with van der Waals surface area (Å²) in [5, 5.41) is 31.1. The zero-order chi connectivity index (χ0) is 22.8. The van der Waals surface area contributed by atoms with Gasteiger partial charge in [-0.25, -0.2) is 0 Å². The Labute approximate surface area is 169 Å². The van der Waals surface area contributed by atoms with Gasteiger partial charge in [0.15, 0.2) is 11.8 Å². The Morgan fingerprint density at radius 2 is 1.43 bits per heavy atom. The Bertz CT molecular complexity index is 388. The summed E-state index contributed by atoms with van der Waals surface area (Å²) in [6.07, 6.45) is 2.57. The largest absolute Gasteiger partial charge is 0.484 e. The predicted octanol–water partition coefficient (Wildman–Crippen LogP) is -0.0909. The number of ether oxygens (including phenoxy) is 2. The summed E-state index contributed by atoms with van der Waals surface area (Å²) in [5.41, 5.74) is 16.2. The third-order valence-electron chi connectivity index (χ3n) is 2.57. The first-order chi connectivity index (χ1) is 13.3. The van der Waals surface area contributed by atoms with Crippen molar-refractivity contribution >= 4 is 23.3 Å². The van der Waals surface area contributed by atoms with Crippen molar-refractivity contribution in [2.75, 3.05) is 54.6 Å². The van der Waals surface area contributed by atoms with Gasteiger partial charge >= 0.3 is 0 Å². The van der Waals surface area contributed by atoms with Crippen molar-refractivity contribution in [2.45, 2.75) is 32.6 Å². The van der Waals surface area contributed by atoms with E-state index in [9.17, 15) is 0 Å². The van der Waals surface area contributed by atoms with Crippen molar-refractivity contribution in [3.63, 3.8) is 0 Å². The quantitative estimate of drug-likeness (QED) is 0.140. The molecular weight excluding hydrogens is 364 g/mol. The number of aliphatic imine (C=N–C) groups is 1. The second-order valence-corrected chi connectivity index (χ2v) is 5.15. The third kappa shape index (κ3) is 39.1. The van der Waals surface area contributed by atoms with Gasteiger partial charge in [0.05, 0.1) is 26.5 Å². The van der Waals surface area contributed by atoms with Crippen LogP contribution in [0.2, 0.25) is 0 Å². The molecule has 0 aromatic heterocycles. The molecule has 11 N–H and O–H groups in total. The molecule has 0 aromatic rings. The van der Waals surface area contributed by atoms with E-state index >= 15 is 0 Å². The van der Waals surface area contributed by atoms with Gasteiger partial charge in [-0.2, -0.15) is 0 Å². The van der Waals surface area contributed by atoms with Gasteiger partial charge in [-0.3, -0.25) is 15.8 Å². The number of nitrogens with one attached hydrogen (secondary N) is 4. The summed E-state index contributed by atoms with van der Waals surface area (Å²) in [5.74, 6) is 0.655. The number of nitrogens with two attached hydrogens (primary N) is 3. The molecule has 0 aromatic carbocycles. The van der Waals surface area contributed by atoms with Crippen LogP contribution in [0.5, 0.6) is 0 Å². The minimum atomic E-state index is 0.0434. The molecule has 0 radical (unpaired) electrons. The van der Waals surface area contributed by atoms with Crippen molar-refractivity contribution in [3.05, 3.63) is 0 Å². The van der Waals surface area contributed by atoms with E-state index < -0.39 is 0 Å². The molecule has 0 saturated heterocycles. The number of hydrogen-bond donors (Lipinski definition) is 8. The van der Waals surface area contributed by atoms with Gasteiger partial charge in [-0.15, -0.1) is 0 Å². The highest BCUT2D eigenvalue weighted by molar-refractivity contribution is 6.00. The molecule has 28 heavy (non-hydrogen) atoms. The number of aliphatic hydroxyl groups is 1. The standard InChI is InChI=1S/C8H18N4.C5H10N2O2.C3H10N2.CH4O/c1-7(9)6-8(10)12-5-3-4-11-2;1-8-4(6)3-5(7)9-2;4-2-1-3-5;1-2/h9,11H,3-6H2,1-2H3,(H2,10,12);6-7H,3H2,1-2H3;1-5H2;2H,1H3. The first-order valence-corrected chi connectivity index (χ1v) is 8.83. The van der Waals surface area contributed by atoms with Crippen LogP contribution in [0.1, 0.15) is 32.6 Å². The van der Waals surface area contributed by atoms with E-state index in [0.29, 0.717) is 18.0 Å². The fourth-order valence-electron chi connectivity index (χ4n) is 1.21. The fourth-order valence-corrected chi connectivity index (χ4v) is 1.21. The maximum absolute atomic E-state index is 7.17. The first kappa shape index (κ1) is 33.5. The fraction of sp³-hybridized carbons (Fsp3) is 0.765. The molecule has 0 aliphatic heterocycles. The van der Waals surface area contributed by atoms with E-state index in [1.807, 2.05) is 7.05 Å². The third-order valence-corrected chi connectivity index (χ3v) is 2.57. The van der Waals surface area contributed by atoms with E-state index in [0.717, 1.165) is 46.1 Å². The van der Waals surface area contributed by atoms with Gasteiger partial charge in [-0.05, 0) is 46.4 Å². The zero-order valence-corrected chi connectivity index (χ0v) is 18.1. The van der Waals surface area contributed by atoms with Gasteiger partial charge in [0.25, 0.3) is 0 Å². The Morgan fingerprint density at radius 3 is 1.71 bits per heavy atom. The molecular formula is C17H42N8O3. The molecule has 0 heterocycles. The van der Waals surface area contributed by atoms with Crippen LogP contribution in [0.15, 0.2) is 4.99 Å². The zero-order valence-electron chi connectivity index (χ0n) is 18.1. The average Bonchev–Trinajstić information content (AvgIpc) is 2.67. The average molecular weight is 407 g/mol. The van der Waals surface area contributed by atoms with Crippen molar-refractivity contribution in [1.29, 1.82) is 16.2 Å². The lowest BCUT2D eigenvalue weighted by Gasteiger charge is -2.01. The Hall–Kier alpha value is -2.08. The van der Waals surface area contributed by atoms with E-state index in [1.54, 1.807) is 6.92 Å². The summed E-state index contributed by atoms with van der Waals surface area (Å²) in [4.78, 5) is 4.12. The minimum absolute atomic E-state index is 0.0434. The summed E-state index contributed by atoms with van der Waals surface area (Å²) in [6, 6.07) is 0. The molecule has 0 atom stereocenters. The van der Waals surface area contributed by atoms with Crippen molar-refractivity contribution in [1.82, 2.24) is 5.32 Å². The van der Waals surface area contributed by atoms with E-state index in [1.165, 1.54) is 14.2 Å². The monoisotopic (exact) mass is 406 g/mol. The van der Waals surface area contributed by atoms with Crippen LogP contribution >= 0.6 is 0 Å². The predicted molar refractivity (Wildman–Crippen MR) is 118 cm³/mol. The van der Waals surface area contributed by atoms with Gasteiger partial charge in [0, 0.05) is 25.8 Å². The highest BCUT2D eigenvalue weighted by Gasteiger charge is 1.99. The van der Waals surface area contributed by atoms with Gasteiger partial charge < -0.3 is 42.5 Å². The van der Waals surface area contributed by atoms with Crippen LogP contribution in [0, 0.1) is 16.2 Å². The van der Waals surface area contributed by atoms with Crippen molar-refractivity contribution < 1.29 is 14.6 Å². The molecule has 0 unspecified atom stereocenters. The molecule has 0 fully saturated rings. The van der Waals surface area contributed by atoms with E-state index in [2.05, 4.69) is 19.8 Å². The van der Waals surface area contributed by atoms with Gasteiger partial charge in [-0.1, -0.05) is 0 Å². The number of methoxy groups -OCH3 is 2. The smallest absolute Gasteiger partial charge is 0.189 e. The van der Waals surface area contributed by atoms with Crippen LogP contribution in [0.25, 0.3) is 0 Å². The topological polar surface area (TPSA) is 213 Å². The first-order valence-electron chi connectivity index (χ1n) is 8.83. The lowest BCUT2D eigenvalue weighted by molar-refractivity contribution is 0.368. The molecule has 0 amide bonds. The van der Waals surface area contributed by atoms with Crippen LogP contribution in [0.3, 0.4) is 0 Å². The summed E-state index contributed by atoms with van der Waals surface area (Å²) >= 11 is 0. The SMILES string of the molecule is CNCCCN=C(N)CC(C)=N.CO.COC(=N)CC(=N)OC.NCCCN. The summed E-state index contributed by atoms with van der Waals surface area (Å²) in [6.45, 7) is 4.88. The summed E-state index contributed by atoms with van der Waals surface area (Å²) in [7, 11) is 5.70. The maximum atomic E-state index is 7.17.